The number of methoxy groups -OCH3 is 2. The van der Waals surface area contributed by atoms with E-state index in [0.717, 1.165) is 10.1 Å². The van der Waals surface area contributed by atoms with Crippen molar-refractivity contribution in [1.82, 2.24) is 19.9 Å². The SMILES string of the molecule is COc1cc2cc(C(=O)NC(CC(C)C)C(=O)NC3CCCN(S(=O)(=O)c4cccc(C)n4)C[C@@H]3O)sc2cc1OC. The summed E-state index contributed by atoms with van der Waals surface area (Å²) in [5.74, 6) is 0.384. The number of carbonyl (C=O) groups is 2. The molecule has 3 heterocycles. The lowest BCUT2D eigenvalue weighted by atomic mass is 10.0. The molecule has 0 radical (unpaired) electrons. The second-order valence-corrected chi connectivity index (χ2v) is 13.8. The number of pyridine rings is 1. The van der Waals surface area contributed by atoms with Gasteiger partial charge in [0.1, 0.15) is 6.04 Å². The number of β-amino-alcohol motifs (C(OH)–C–C–N with tert-alkyl or cyclic N) is 1. The third-order valence-corrected chi connectivity index (χ3v) is 10.0. The van der Waals surface area contributed by atoms with Crippen LogP contribution < -0.4 is 20.1 Å². The van der Waals surface area contributed by atoms with Crippen molar-refractivity contribution in [2.75, 3.05) is 27.3 Å². The summed E-state index contributed by atoms with van der Waals surface area (Å²) in [4.78, 5) is 31.3. The van der Waals surface area contributed by atoms with Crippen molar-refractivity contribution in [2.45, 2.75) is 63.2 Å². The van der Waals surface area contributed by atoms with Crippen LogP contribution in [0.4, 0.5) is 0 Å². The number of benzene rings is 1. The first-order valence-corrected chi connectivity index (χ1v) is 16.1. The Morgan fingerprint density at radius 3 is 2.55 bits per heavy atom. The van der Waals surface area contributed by atoms with E-state index in [1.54, 1.807) is 51.5 Å². The largest absolute Gasteiger partial charge is 0.493 e. The number of aliphatic hydroxyl groups excluding tert-OH is 1. The number of nitrogens with one attached hydrogen (secondary N) is 2. The Hall–Kier alpha value is -3.26. The zero-order chi connectivity index (χ0) is 30.6. The van der Waals surface area contributed by atoms with E-state index in [1.165, 1.54) is 21.7 Å². The van der Waals surface area contributed by atoms with Crippen molar-refractivity contribution in [3.05, 3.63) is 47.0 Å². The van der Waals surface area contributed by atoms with Gasteiger partial charge in [0, 0.05) is 29.5 Å². The van der Waals surface area contributed by atoms with Crippen LogP contribution in [0.1, 0.15) is 48.5 Å². The molecular weight excluding hydrogens is 580 g/mol. The number of thiophene rings is 1. The van der Waals surface area contributed by atoms with E-state index in [9.17, 15) is 23.1 Å². The first kappa shape index (κ1) is 31.7. The van der Waals surface area contributed by atoms with Gasteiger partial charge in [-0.05, 0) is 61.8 Å². The number of aromatic nitrogens is 1. The molecule has 1 aromatic carbocycles. The van der Waals surface area contributed by atoms with Crippen LogP contribution in [0, 0.1) is 12.8 Å². The van der Waals surface area contributed by atoms with Crippen molar-refractivity contribution < 1.29 is 32.6 Å². The fourth-order valence-electron chi connectivity index (χ4n) is 4.98. The average Bonchev–Trinajstić information content (AvgIpc) is 3.28. The van der Waals surface area contributed by atoms with E-state index >= 15 is 0 Å². The van der Waals surface area contributed by atoms with E-state index in [-0.39, 0.29) is 29.9 Å². The Bertz CT molecular complexity index is 1500. The summed E-state index contributed by atoms with van der Waals surface area (Å²) in [6.45, 7) is 5.62. The zero-order valence-electron chi connectivity index (χ0n) is 24.4. The van der Waals surface area contributed by atoms with Crippen molar-refractivity contribution >= 4 is 43.3 Å². The third-order valence-electron chi connectivity index (χ3n) is 7.15. The van der Waals surface area contributed by atoms with Gasteiger partial charge in [-0.25, -0.2) is 13.4 Å². The molecule has 1 fully saturated rings. The highest BCUT2D eigenvalue weighted by Crippen LogP contribution is 2.36. The number of nitrogens with zero attached hydrogens (tertiary/aromatic N) is 2. The zero-order valence-corrected chi connectivity index (χ0v) is 26.0. The maximum absolute atomic E-state index is 13.4. The fraction of sp³-hybridized carbons (Fsp3) is 0.483. The van der Waals surface area contributed by atoms with Gasteiger partial charge in [-0.1, -0.05) is 19.9 Å². The standard InChI is InChI=1S/C29H38N4O7S2/c1-17(2)12-21(32-29(36)26-14-19-13-23(39-4)24(40-5)15-25(19)41-26)28(35)31-20-9-7-11-33(16-22(20)34)42(37,38)27-10-6-8-18(3)30-27/h6,8,10,13-15,17,20-22,34H,7,9,11-12,16H2,1-5H3,(H,31,35)(H,32,36)/t20?,21?,22-/m0/s1. The molecular formula is C29H38N4O7S2. The van der Waals surface area contributed by atoms with Gasteiger partial charge in [0.05, 0.1) is 31.2 Å². The van der Waals surface area contributed by atoms with Crippen LogP contribution in [-0.2, 0) is 14.8 Å². The predicted octanol–water partition coefficient (Wildman–Crippen LogP) is 3.10. The predicted molar refractivity (Wildman–Crippen MR) is 161 cm³/mol. The first-order chi connectivity index (χ1) is 19.9. The first-order valence-electron chi connectivity index (χ1n) is 13.8. The van der Waals surface area contributed by atoms with Gasteiger partial charge in [0.2, 0.25) is 5.91 Å². The van der Waals surface area contributed by atoms with Crippen LogP contribution >= 0.6 is 11.3 Å². The minimum atomic E-state index is -3.91. The number of sulfonamides is 1. The smallest absolute Gasteiger partial charge is 0.262 e. The van der Waals surface area contributed by atoms with Crippen LogP contribution in [0.5, 0.6) is 11.5 Å². The number of hydrogen-bond donors (Lipinski definition) is 3. The molecule has 4 rings (SSSR count). The van der Waals surface area contributed by atoms with Gasteiger partial charge < -0.3 is 25.2 Å². The number of ether oxygens (including phenoxy) is 2. The molecule has 0 aliphatic carbocycles. The maximum Gasteiger partial charge on any atom is 0.262 e. The summed E-state index contributed by atoms with van der Waals surface area (Å²) in [7, 11) is -0.826. The Morgan fingerprint density at radius 1 is 1.17 bits per heavy atom. The van der Waals surface area contributed by atoms with E-state index in [2.05, 4.69) is 15.6 Å². The van der Waals surface area contributed by atoms with Gasteiger partial charge in [-0.2, -0.15) is 4.31 Å². The Labute approximate surface area is 250 Å². The second-order valence-electron chi connectivity index (χ2n) is 10.8. The quantitative estimate of drug-likeness (QED) is 0.314. The second kappa shape index (κ2) is 13.4. The lowest BCUT2D eigenvalue weighted by molar-refractivity contribution is -0.125. The summed E-state index contributed by atoms with van der Waals surface area (Å²) >= 11 is 1.28. The monoisotopic (exact) mass is 618 g/mol. The maximum atomic E-state index is 13.4. The molecule has 11 nitrogen and oxygen atoms in total. The van der Waals surface area contributed by atoms with E-state index in [0.29, 0.717) is 41.3 Å². The highest BCUT2D eigenvalue weighted by molar-refractivity contribution is 7.89. The number of aryl methyl sites for hydroxylation is 1. The van der Waals surface area contributed by atoms with Gasteiger partial charge in [-0.15, -0.1) is 11.3 Å². The van der Waals surface area contributed by atoms with E-state index in [4.69, 9.17) is 9.47 Å². The molecule has 3 atom stereocenters. The third kappa shape index (κ3) is 7.20. The number of amides is 2. The van der Waals surface area contributed by atoms with Crippen LogP contribution in [-0.4, -0.2) is 80.1 Å². The van der Waals surface area contributed by atoms with Gasteiger partial charge in [0.15, 0.2) is 16.5 Å². The van der Waals surface area contributed by atoms with Crippen molar-refractivity contribution in [3.63, 3.8) is 0 Å². The Kier molecular flexibility index (Phi) is 10.1. The normalized spacial score (nSPS) is 18.8. The highest BCUT2D eigenvalue weighted by Gasteiger charge is 2.35. The Morgan fingerprint density at radius 2 is 1.88 bits per heavy atom. The molecule has 0 bridgehead atoms. The fourth-order valence-corrected chi connectivity index (χ4v) is 7.45. The molecule has 2 aromatic heterocycles. The lowest BCUT2D eigenvalue weighted by Crippen LogP contribution is -2.54. The highest BCUT2D eigenvalue weighted by atomic mass is 32.2. The molecule has 0 saturated carbocycles. The molecule has 1 saturated heterocycles. The lowest BCUT2D eigenvalue weighted by Gasteiger charge is -2.27. The molecule has 228 valence electrons. The molecule has 3 aromatic rings. The number of rotatable bonds is 10. The average molecular weight is 619 g/mol. The van der Waals surface area contributed by atoms with Gasteiger partial charge in [0.25, 0.3) is 15.9 Å². The number of hydrogen-bond acceptors (Lipinski definition) is 9. The van der Waals surface area contributed by atoms with Crippen LogP contribution in [0.3, 0.4) is 0 Å². The van der Waals surface area contributed by atoms with Gasteiger partial charge in [-0.3, -0.25) is 9.59 Å². The molecule has 1 aliphatic rings. The Balaban J connectivity index is 1.46. The van der Waals surface area contributed by atoms with Crippen LogP contribution in [0.2, 0.25) is 0 Å². The number of fused-ring (bicyclic) bond motifs is 1. The van der Waals surface area contributed by atoms with Crippen molar-refractivity contribution in [1.29, 1.82) is 0 Å². The molecule has 0 spiro atoms. The molecule has 3 N–H and O–H groups in total. The molecule has 1 aliphatic heterocycles. The summed E-state index contributed by atoms with van der Waals surface area (Å²) in [6.07, 6.45) is 0.0526. The summed E-state index contributed by atoms with van der Waals surface area (Å²) in [5, 5.41) is 17.5. The molecule has 42 heavy (non-hydrogen) atoms. The van der Waals surface area contributed by atoms with Crippen molar-refractivity contribution in [2.24, 2.45) is 5.92 Å². The topological polar surface area (TPSA) is 147 Å². The number of aliphatic hydroxyl groups is 1. The number of carbonyl (C=O) groups excluding carboxylic acids is 2. The van der Waals surface area contributed by atoms with Crippen molar-refractivity contribution in [3.8, 4) is 11.5 Å². The minimum absolute atomic E-state index is 0.0741. The summed E-state index contributed by atoms with van der Waals surface area (Å²) < 4.78 is 39.2. The molecule has 2 unspecified atom stereocenters. The molecule has 13 heteroatoms. The minimum Gasteiger partial charge on any atom is -0.493 e. The van der Waals surface area contributed by atoms with Gasteiger partial charge >= 0.3 is 0 Å². The van der Waals surface area contributed by atoms with Crippen LogP contribution in [0.15, 0.2) is 41.4 Å². The van der Waals surface area contributed by atoms with Crippen LogP contribution in [0.25, 0.3) is 10.1 Å². The summed E-state index contributed by atoms with van der Waals surface area (Å²) in [5.41, 5.74) is 0.574. The molecule has 2 amide bonds. The van der Waals surface area contributed by atoms with E-state index in [1.807, 2.05) is 13.8 Å². The summed E-state index contributed by atoms with van der Waals surface area (Å²) in [6, 6.07) is 8.59. The van der Waals surface area contributed by atoms with E-state index < -0.39 is 34.1 Å².